The fourth-order valence-corrected chi connectivity index (χ4v) is 1.82. The second kappa shape index (κ2) is 8.74. The molecule has 1 amide bonds. The molecule has 3 N–H and O–H groups in total. The Morgan fingerprint density at radius 3 is 2.32 bits per heavy atom. The number of ether oxygens (including phenoxy) is 1. The third kappa shape index (κ3) is 5.73. The van der Waals surface area contributed by atoms with Crippen LogP contribution in [0.25, 0.3) is 0 Å². The van der Waals surface area contributed by atoms with Crippen LogP contribution in [0.3, 0.4) is 0 Å². The van der Waals surface area contributed by atoms with Gasteiger partial charge < -0.3 is 20.5 Å². The minimum absolute atomic E-state index is 0.231. The number of amides is 1. The molecule has 0 aromatic heterocycles. The van der Waals surface area contributed by atoms with E-state index in [1.165, 1.54) is 0 Å². The molecule has 7 heteroatoms. The lowest BCUT2D eigenvalue weighted by Crippen LogP contribution is -2.20. The standard InChI is InChI=1S/C18H15N3O4/c19-10-13(11-20-12-17(22)23)18(24)21-14-6-8-16(9-7-14)25-15-4-2-1-3-5-15/h1-9,11,20H,12H2,(H,21,24)(H,22,23)/b13-11-. The van der Waals surface area contributed by atoms with Crippen molar-refractivity contribution in [3.63, 3.8) is 0 Å². The van der Waals surface area contributed by atoms with Crippen molar-refractivity contribution in [2.75, 3.05) is 11.9 Å². The number of para-hydroxylation sites is 1. The van der Waals surface area contributed by atoms with Crippen molar-refractivity contribution in [2.24, 2.45) is 0 Å². The van der Waals surface area contributed by atoms with Crippen molar-refractivity contribution in [3.05, 3.63) is 66.4 Å². The maximum atomic E-state index is 12.0. The second-order valence-electron chi connectivity index (χ2n) is 4.84. The van der Waals surface area contributed by atoms with Crippen LogP contribution in [0.1, 0.15) is 0 Å². The van der Waals surface area contributed by atoms with E-state index < -0.39 is 11.9 Å². The van der Waals surface area contributed by atoms with Crippen molar-refractivity contribution in [3.8, 4) is 17.6 Å². The van der Waals surface area contributed by atoms with Crippen molar-refractivity contribution in [1.82, 2.24) is 5.32 Å². The van der Waals surface area contributed by atoms with Gasteiger partial charge in [-0.3, -0.25) is 9.59 Å². The number of rotatable bonds is 7. The summed E-state index contributed by atoms with van der Waals surface area (Å²) in [6, 6.07) is 17.6. The zero-order chi connectivity index (χ0) is 18.1. The Kier molecular flexibility index (Phi) is 6.14. The highest BCUT2D eigenvalue weighted by molar-refractivity contribution is 6.06. The van der Waals surface area contributed by atoms with Gasteiger partial charge in [-0.25, -0.2) is 0 Å². The van der Waals surface area contributed by atoms with Gasteiger partial charge in [-0.1, -0.05) is 18.2 Å². The smallest absolute Gasteiger partial charge is 0.322 e. The van der Waals surface area contributed by atoms with E-state index in [1.807, 2.05) is 30.3 Å². The molecule has 2 aromatic carbocycles. The number of nitrogens with zero attached hydrogens (tertiary/aromatic N) is 1. The highest BCUT2D eigenvalue weighted by atomic mass is 16.5. The predicted molar refractivity (Wildman–Crippen MR) is 90.9 cm³/mol. The number of hydrogen-bond donors (Lipinski definition) is 3. The SMILES string of the molecule is N#C/C(=C/NCC(=O)O)C(=O)Nc1ccc(Oc2ccccc2)cc1. The lowest BCUT2D eigenvalue weighted by molar-refractivity contribution is -0.135. The lowest BCUT2D eigenvalue weighted by Gasteiger charge is -2.08. The number of nitrogens with one attached hydrogen (secondary N) is 2. The van der Waals surface area contributed by atoms with E-state index in [2.05, 4.69) is 10.6 Å². The van der Waals surface area contributed by atoms with Gasteiger partial charge in [0, 0.05) is 11.9 Å². The molecular weight excluding hydrogens is 322 g/mol. The summed E-state index contributed by atoms with van der Waals surface area (Å²) in [4.78, 5) is 22.4. The van der Waals surface area contributed by atoms with Gasteiger partial charge in [-0.05, 0) is 36.4 Å². The van der Waals surface area contributed by atoms with Crippen LogP contribution < -0.4 is 15.4 Å². The summed E-state index contributed by atoms with van der Waals surface area (Å²) in [5.41, 5.74) is 0.246. The van der Waals surface area contributed by atoms with Gasteiger partial charge in [0.25, 0.3) is 5.91 Å². The average molecular weight is 337 g/mol. The van der Waals surface area contributed by atoms with Crippen molar-refractivity contribution in [2.45, 2.75) is 0 Å². The zero-order valence-corrected chi connectivity index (χ0v) is 13.1. The Hall–Kier alpha value is -3.79. The zero-order valence-electron chi connectivity index (χ0n) is 13.1. The predicted octanol–water partition coefficient (Wildman–Crippen LogP) is 2.50. The number of carbonyl (C=O) groups excluding carboxylic acids is 1. The Morgan fingerprint density at radius 2 is 1.72 bits per heavy atom. The third-order valence-corrected chi connectivity index (χ3v) is 2.96. The maximum absolute atomic E-state index is 12.0. The minimum Gasteiger partial charge on any atom is -0.480 e. The van der Waals surface area contributed by atoms with E-state index in [0.717, 1.165) is 6.20 Å². The topological polar surface area (TPSA) is 111 Å². The fourth-order valence-electron chi connectivity index (χ4n) is 1.82. The largest absolute Gasteiger partial charge is 0.480 e. The molecule has 0 aliphatic carbocycles. The molecular formula is C18H15N3O4. The van der Waals surface area contributed by atoms with Crippen LogP contribution in [-0.4, -0.2) is 23.5 Å². The van der Waals surface area contributed by atoms with E-state index >= 15 is 0 Å². The minimum atomic E-state index is -1.09. The van der Waals surface area contributed by atoms with E-state index in [1.54, 1.807) is 30.3 Å². The Bertz CT molecular complexity index is 808. The van der Waals surface area contributed by atoms with Gasteiger partial charge in [-0.2, -0.15) is 5.26 Å². The summed E-state index contributed by atoms with van der Waals surface area (Å²) in [5.74, 6) is -0.443. The van der Waals surface area contributed by atoms with E-state index in [4.69, 9.17) is 15.1 Å². The fraction of sp³-hybridized carbons (Fsp3) is 0.0556. The summed E-state index contributed by atoms with van der Waals surface area (Å²) >= 11 is 0. The first kappa shape index (κ1) is 17.6. The third-order valence-electron chi connectivity index (χ3n) is 2.96. The first-order valence-electron chi connectivity index (χ1n) is 7.28. The Balaban J connectivity index is 1.96. The molecule has 0 radical (unpaired) electrons. The van der Waals surface area contributed by atoms with Crippen molar-refractivity contribution < 1.29 is 19.4 Å². The normalized spacial score (nSPS) is 10.4. The van der Waals surface area contributed by atoms with Gasteiger partial charge in [0.15, 0.2) is 0 Å². The van der Waals surface area contributed by atoms with E-state index in [-0.39, 0.29) is 12.1 Å². The maximum Gasteiger partial charge on any atom is 0.322 e. The van der Waals surface area contributed by atoms with Crippen LogP contribution >= 0.6 is 0 Å². The molecule has 0 unspecified atom stereocenters. The molecule has 0 bridgehead atoms. The summed E-state index contributed by atoms with van der Waals surface area (Å²) in [6.45, 7) is -0.385. The molecule has 0 atom stereocenters. The quantitative estimate of drug-likeness (QED) is 0.529. The number of aliphatic carboxylic acids is 1. The monoisotopic (exact) mass is 337 g/mol. The van der Waals surface area contributed by atoms with Crippen LogP contribution in [-0.2, 0) is 9.59 Å². The molecule has 7 nitrogen and oxygen atoms in total. The number of hydrogen-bond acceptors (Lipinski definition) is 5. The van der Waals surface area contributed by atoms with Crippen molar-refractivity contribution >= 4 is 17.6 Å². The molecule has 0 heterocycles. The lowest BCUT2D eigenvalue weighted by atomic mass is 10.2. The van der Waals surface area contributed by atoms with Gasteiger partial charge >= 0.3 is 5.97 Å². The molecule has 0 saturated heterocycles. The molecule has 0 fully saturated rings. The summed E-state index contributed by atoms with van der Waals surface area (Å²) in [5, 5.41) is 22.4. The summed E-state index contributed by atoms with van der Waals surface area (Å²) in [7, 11) is 0. The molecule has 2 rings (SSSR count). The number of anilines is 1. The summed E-state index contributed by atoms with van der Waals surface area (Å²) in [6.07, 6.45) is 1.07. The van der Waals surface area contributed by atoms with Crippen LogP contribution in [0.15, 0.2) is 66.4 Å². The first-order chi connectivity index (χ1) is 12.1. The second-order valence-corrected chi connectivity index (χ2v) is 4.84. The number of carboxylic acid groups (broad SMARTS) is 1. The molecule has 2 aromatic rings. The number of benzene rings is 2. The summed E-state index contributed by atoms with van der Waals surface area (Å²) < 4.78 is 5.64. The molecule has 0 spiro atoms. The van der Waals surface area contributed by atoms with Gasteiger partial charge in [0.1, 0.15) is 29.7 Å². The van der Waals surface area contributed by atoms with Crippen LogP contribution in [0.2, 0.25) is 0 Å². The number of carboxylic acids is 1. The van der Waals surface area contributed by atoms with Crippen LogP contribution in [0.4, 0.5) is 5.69 Å². The van der Waals surface area contributed by atoms with E-state index in [9.17, 15) is 9.59 Å². The first-order valence-corrected chi connectivity index (χ1v) is 7.28. The van der Waals surface area contributed by atoms with E-state index in [0.29, 0.717) is 17.2 Å². The number of carbonyl (C=O) groups is 2. The average Bonchev–Trinajstić information content (AvgIpc) is 2.61. The molecule has 126 valence electrons. The molecule has 0 saturated carbocycles. The van der Waals surface area contributed by atoms with Crippen LogP contribution in [0.5, 0.6) is 11.5 Å². The van der Waals surface area contributed by atoms with Crippen LogP contribution in [0, 0.1) is 11.3 Å². The van der Waals surface area contributed by atoms with Crippen molar-refractivity contribution in [1.29, 1.82) is 5.26 Å². The van der Waals surface area contributed by atoms with Gasteiger partial charge in [0.05, 0.1) is 0 Å². The molecule has 25 heavy (non-hydrogen) atoms. The highest BCUT2D eigenvalue weighted by Crippen LogP contribution is 2.22. The van der Waals surface area contributed by atoms with Gasteiger partial charge in [-0.15, -0.1) is 0 Å². The Labute approximate surface area is 144 Å². The Morgan fingerprint density at radius 1 is 1.08 bits per heavy atom. The highest BCUT2D eigenvalue weighted by Gasteiger charge is 2.09. The molecule has 0 aliphatic heterocycles. The number of nitriles is 1. The van der Waals surface area contributed by atoms with Gasteiger partial charge in [0.2, 0.25) is 0 Å². The molecule has 0 aliphatic rings.